The fourth-order valence-corrected chi connectivity index (χ4v) is 0.910. The van der Waals surface area contributed by atoms with Gasteiger partial charge in [0.1, 0.15) is 5.78 Å². The summed E-state index contributed by atoms with van der Waals surface area (Å²) in [6.07, 6.45) is 0.754. The lowest BCUT2D eigenvalue weighted by molar-refractivity contribution is -0.136. The lowest BCUT2D eigenvalue weighted by atomic mass is 10.2. The van der Waals surface area contributed by atoms with Crippen LogP contribution >= 0.6 is 0 Å². The molecule has 1 saturated carbocycles. The SMILES string of the molecule is O=C1CCC(=O)C(=O)CC1. The number of hydrogen-bond donors (Lipinski definition) is 0. The van der Waals surface area contributed by atoms with Crippen molar-refractivity contribution in [2.75, 3.05) is 0 Å². The average molecular weight is 140 g/mol. The van der Waals surface area contributed by atoms with E-state index in [4.69, 9.17) is 0 Å². The summed E-state index contributed by atoms with van der Waals surface area (Å²) < 4.78 is 0. The first-order valence-corrected chi connectivity index (χ1v) is 3.28. The van der Waals surface area contributed by atoms with Crippen molar-refractivity contribution >= 4 is 17.3 Å². The highest BCUT2D eigenvalue weighted by atomic mass is 16.2. The summed E-state index contributed by atoms with van der Waals surface area (Å²) in [4.78, 5) is 32.0. The van der Waals surface area contributed by atoms with Gasteiger partial charge in [0.05, 0.1) is 0 Å². The predicted octanol–water partition coefficient (Wildman–Crippen LogP) is 0.268. The molecule has 0 aliphatic heterocycles. The van der Waals surface area contributed by atoms with Gasteiger partial charge in [-0.2, -0.15) is 0 Å². The van der Waals surface area contributed by atoms with Crippen molar-refractivity contribution in [2.24, 2.45) is 0 Å². The fraction of sp³-hybridized carbons (Fsp3) is 0.571. The van der Waals surface area contributed by atoms with E-state index in [0.717, 1.165) is 0 Å². The number of carbonyl (C=O) groups is 3. The van der Waals surface area contributed by atoms with Gasteiger partial charge in [0.15, 0.2) is 11.6 Å². The lowest BCUT2D eigenvalue weighted by Crippen LogP contribution is -2.09. The Morgan fingerprint density at radius 3 is 1.50 bits per heavy atom. The molecule has 0 aromatic heterocycles. The first-order chi connectivity index (χ1) is 4.70. The van der Waals surface area contributed by atoms with Crippen molar-refractivity contribution in [3.63, 3.8) is 0 Å². The Kier molecular flexibility index (Phi) is 1.94. The van der Waals surface area contributed by atoms with Gasteiger partial charge in [0, 0.05) is 25.7 Å². The predicted molar refractivity (Wildman–Crippen MR) is 33.5 cm³/mol. The number of hydrogen-bond acceptors (Lipinski definition) is 3. The van der Waals surface area contributed by atoms with Gasteiger partial charge in [-0.1, -0.05) is 0 Å². The molecule has 1 aliphatic carbocycles. The molecule has 0 atom stereocenters. The van der Waals surface area contributed by atoms with Crippen molar-refractivity contribution in [3.8, 4) is 0 Å². The zero-order chi connectivity index (χ0) is 7.56. The van der Waals surface area contributed by atoms with Crippen LogP contribution in [-0.2, 0) is 14.4 Å². The largest absolute Gasteiger partial charge is 0.300 e. The Morgan fingerprint density at radius 2 is 1.10 bits per heavy atom. The molecule has 0 spiro atoms. The van der Waals surface area contributed by atoms with E-state index in [1.165, 1.54) is 0 Å². The van der Waals surface area contributed by atoms with E-state index in [9.17, 15) is 14.4 Å². The van der Waals surface area contributed by atoms with Crippen molar-refractivity contribution in [2.45, 2.75) is 25.7 Å². The van der Waals surface area contributed by atoms with Crippen molar-refractivity contribution in [3.05, 3.63) is 0 Å². The van der Waals surface area contributed by atoms with Gasteiger partial charge in [-0.05, 0) is 0 Å². The van der Waals surface area contributed by atoms with Gasteiger partial charge < -0.3 is 0 Å². The van der Waals surface area contributed by atoms with Crippen LogP contribution in [0, 0.1) is 0 Å². The van der Waals surface area contributed by atoms with Crippen LogP contribution in [0.2, 0.25) is 0 Å². The van der Waals surface area contributed by atoms with Gasteiger partial charge in [0.2, 0.25) is 0 Å². The Morgan fingerprint density at radius 1 is 0.700 bits per heavy atom. The minimum absolute atomic E-state index is 0.0270. The second-order valence-electron chi connectivity index (χ2n) is 2.39. The average Bonchev–Trinajstić information content (AvgIpc) is 2.04. The summed E-state index contributed by atoms with van der Waals surface area (Å²) in [5.41, 5.74) is 0. The summed E-state index contributed by atoms with van der Waals surface area (Å²) in [7, 11) is 0. The Balaban J connectivity index is 2.63. The molecule has 0 aromatic carbocycles. The van der Waals surface area contributed by atoms with Crippen LogP contribution in [-0.4, -0.2) is 17.3 Å². The highest BCUT2D eigenvalue weighted by Gasteiger charge is 2.20. The summed E-state index contributed by atoms with van der Waals surface area (Å²) in [5.74, 6) is -0.740. The highest BCUT2D eigenvalue weighted by Crippen LogP contribution is 2.07. The third-order valence-corrected chi connectivity index (χ3v) is 1.57. The maximum Gasteiger partial charge on any atom is 0.198 e. The van der Waals surface area contributed by atoms with Crippen LogP contribution < -0.4 is 0 Å². The topological polar surface area (TPSA) is 51.2 Å². The molecular weight excluding hydrogens is 132 g/mol. The van der Waals surface area contributed by atoms with Gasteiger partial charge in [-0.15, -0.1) is 0 Å². The van der Waals surface area contributed by atoms with E-state index in [2.05, 4.69) is 0 Å². The zero-order valence-corrected chi connectivity index (χ0v) is 5.55. The molecule has 0 radical (unpaired) electrons. The third kappa shape index (κ3) is 1.50. The molecule has 3 heteroatoms. The highest BCUT2D eigenvalue weighted by molar-refractivity contribution is 6.38. The van der Waals surface area contributed by atoms with Crippen molar-refractivity contribution in [1.29, 1.82) is 0 Å². The van der Waals surface area contributed by atoms with Crippen LogP contribution in [0.1, 0.15) is 25.7 Å². The summed E-state index contributed by atoms with van der Waals surface area (Å²) in [6, 6.07) is 0. The molecule has 1 aliphatic rings. The molecule has 10 heavy (non-hydrogen) atoms. The lowest BCUT2D eigenvalue weighted by Gasteiger charge is -1.86. The van der Waals surface area contributed by atoms with Gasteiger partial charge in [0.25, 0.3) is 0 Å². The van der Waals surface area contributed by atoms with Crippen LogP contribution in [0.3, 0.4) is 0 Å². The van der Waals surface area contributed by atoms with Gasteiger partial charge in [-0.3, -0.25) is 14.4 Å². The first-order valence-electron chi connectivity index (χ1n) is 3.28. The minimum Gasteiger partial charge on any atom is -0.300 e. The molecular formula is C7H8O3. The van der Waals surface area contributed by atoms with E-state index in [0.29, 0.717) is 0 Å². The summed E-state index contributed by atoms with van der Waals surface area (Å²) in [5, 5.41) is 0. The molecule has 0 bridgehead atoms. The van der Waals surface area contributed by atoms with E-state index in [1.54, 1.807) is 0 Å². The number of Topliss-reactive ketones (excluding diaryl/α,β-unsaturated/α-hetero) is 3. The molecule has 3 nitrogen and oxygen atoms in total. The molecule has 0 saturated heterocycles. The van der Waals surface area contributed by atoms with Crippen LogP contribution in [0.5, 0.6) is 0 Å². The van der Waals surface area contributed by atoms with Gasteiger partial charge in [-0.25, -0.2) is 0 Å². The Hall–Kier alpha value is -0.990. The second kappa shape index (κ2) is 2.73. The van der Waals surface area contributed by atoms with Crippen molar-refractivity contribution < 1.29 is 14.4 Å². The third-order valence-electron chi connectivity index (χ3n) is 1.57. The van der Waals surface area contributed by atoms with Gasteiger partial charge >= 0.3 is 0 Å². The molecule has 1 rings (SSSR count). The molecule has 0 N–H and O–H groups in total. The second-order valence-corrected chi connectivity index (χ2v) is 2.39. The molecule has 0 amide bonds. The first kappa shape index (κ1) is 7.12. The Bertz CT molecular complexity index is 173. The van der Waals surface area contributed by atoms with Crippen LogP contribution in [0.15, 0.2) is 0 Å². The molecule has 0 unspecified atom stereocenters. The van der Waals surface area contributed by atoms with E-state index in [1.807, 2.05) is 0 Å². The number of carbonyl (C=O) groups excluding carboxylic acids is 3. The summed E-state index contributed by atoms with van der Waals surface area (Å²) in [6.45, 7) is 0. The number of rotatable bonds is 0. The molecule has 0 aromatic rings. The van der Waals surface area contributed by atoms with E-state index >= 15 is 0 Å². The smallest absolute Gasteiger partial charge is 0.198 e. The van der Waals surface area contributed by atoms with E-state index in [-0.39, 0.29) is 43.0 Å². The fourth-order valence-electron chi connectivity index (χ4n) is 0.910. The van der Waals surface area contributed by atoms with Crippen molar-refractivity contribution in [1.82, 2.24) is 0 Å². The quantitative estimate of drug-likeness (QED) is 0.358. The normalized spacial score (nSPS) is 21.0. The molecule has 0 heterocycles. The monoisotopic (exact) mass is 140 g/mol. The van der Waals surface area contributed by atoms with E-state index < -0.39 is 0 Å². The molecule has 54 valence electrons. The zero-order valence-electron chi connectivity index (χ0n) is 5.55. The standard InChI is InChI=1S/C7H8O3/c8-5-1-3-6(9)7(10)4-2-5/h1-4H2. The summed E-state index contributed by atoms with van der Waals surface area (Å²) >= 11 is 0. The molecule has 1 fully saturated rings. The maximum absolute atomic E-state index is 10.7. The van der Waals surface area contributed by atoms with Crippen LogP contribution in [0.4, 0.5) is 0 Å². The Labute approximate surface area is 58.4 Å². The number of ketones is 3. The minimum atomic E-state index is -0.383. The maximum atomic E-state index is 10.7. The van der Waals surface area contributed by atoms with Crippen LogP contribution in [0.25, 0.3) is 0 Å².